The highest BCUT2D eigenvalue weighted by Crippen LogP contribution is 2.09. The summed E-state index contributed by atoms with van der Waals surface area (Å²) in [6.07, 6.45) is 0. The fourth-order valence-corrected chi connectivity index (χ4v) is 1.05. The number of carboxylic acid groups (broad SMARTS) is 1. The van der Waals surface area contributed by atoms with Gasteiger partial charge in [-0.15, -0.1) is 9.24 Å². The normalized spacial score (nSPS) is 9.55. The number of nitrogen functional groups attached to an aromatic ring is 1. The van der Waals surface area contributed by atoms with Gasteiger partial charge in [-0.1, -0.05) is 6.07 Å². The summed E-state index contributed by atoms with van der Waals surface area (Å²) in [4.78, 5) is 10.4. The van der Waals surface area contributed by atoms with Crippen molar-refractivity contribution >= 4 is 26.2 Å². The van der Waals surface area contributed by atoms with Gasteiger partial charge in [0.05, 0.1) is 5.56 Å². The summed E-state index contributed by atoms with van der Waals surface area (Å²) < 4.78 is 0. The molecule has 0 saturated heterocycles. The lowest BCUT2D eigenvalue weighted by Gasteiger charge is -1.99. The zero-order chi connectivity index (χ0) is 8.43. The lowest BCUT2D eigenvalue weighted by molar-refractivity contribution is 0.0698. The molecule has 0 aliphatic rings. The van der Waals surface area contributed by atoms with Crippen molar-refractivity contribution in [2.24, 2.45) is 0 Å². The molecule has 0 heterocycles. The molecule has 1 aromatic carbocycles. The van der Waals surface area contributed by atoms with E-state index < -0.39 is 5.97 Å². The van der Waals surface area contributed by atoms with Crippen LogP contribution in [0.4, 0.5) is 5.69 Å². The predicted octanol–water partition coefficient (Wildman–Crippen LogP) is 0.467. The van der Waals surface area contributed by atoms with E-state index in [2.05, 4.69) is 9.24 Å². The van der Waals surface area contributed by atoms with E-state index in [-0.39, 0.29) is 5.56 Å². The quantitative estimate of drug-likeness (QED) is 0.474. The molecule has 0 radical (unpaired) electrons. The summed E-state index contributed by atoms with van der Waals surface area (Å²) in [5.41, 5.74) is 5.87. The first-order chi connectivity index (χ1) is 5.11. The summed E-state index contributed by atoms with van der Waals surface area (Å²) in [7, 11) is 2.45. The molecule has 58 valence electrons. The molecule has 11 heavy (non-hydrogen) atoms. The minimum absolute atomic E-state index is 0.149. The van der Waals surface area contributed by atoms with Crippen LogP contribution < -0.4 is 11.0 Å². The average molecular weight is 169 g/mol. The molecule has 0 aliphatic heterocycles. The Kier molecular flexibility index (Phi) is 2.11. The molecule has 3 N–H and O–H groups in total. The second-order valence-corrected chi connectivity index (χ2v) is 2.82. The van der Waals surface area contributed by atoms with Crippen LogP contribution in [0.2, 0.25) is 0 Å². The third-order valence-corrected chi connectivity index (χ3v) is 1.67. The first-order valence-corrected chi connectivity index (χ1v) is 3.57. The highest BCUT2D eigenvalue weighted by Gasteiger charge is 2.05. The SMILES string of the molecule is Nc1cc(P)ccc1C(=O)O. The van der Waals surface area contributed by atoms with E-state index in [9.17, 15) is 4.79 Å². The van der Waals surface area contributed by atoms with Crippen LogP contribution in [0.3, 0.4) is 0 Å². The number of hydrogen-bond donors (Lipinski definition) is 2. The lowest BCUT2D eigenvalue weighted by atomic mass is 10.2. The van der Waals surface area contributed by atoms with Crippen molar-refractivity contribution in [2.45, 2.75) is 0 Å². The number of aromatic carboxylic acids is 1. The van der Waals surface area contributed by atoms with Gasteiger partial charge in [0.1, 0.15) is 0 Å². The van der Waals surface area contributed by atoms with E-state index in [0.717, 1.165) is 5.30 Å². The number of carboxylic acids is 1. The molecule has 3 nitrogen and oxygen atoms in total. The van der Waals surface area contributed by atoms with Gasteiger partial charge in [0, 0.05) is 5.69 Å². The Labute approximate surface area is 66.4 Å². The van der Waals surface area contributed by atoms with Crippen molar-refractivity contribution in [3.8, 4) is 0 Å². The topological polar surface area (TPSA) is 63.3 Å². The van der Waals surface area contributed by atoms with Gasteiger partial charge in [-0.05, 0) is 17.4 Å². The van der Waals surface area contributed by atoms with Gasteiger partial charge in [-0.2, -0.15) is 0 Å². The van der Waals surface area contributed by atoms with Gasteiger partial charge in [0.25, 0.3) is 0 Å². The Hall–Kier alpha value is -1.08. The van der Waals surface area contributed by atoms with Crippen molar-refractivity contribution in [3.05, 3.63) is 23.8 Å². The minimum atomic E-state index is -0.993. The second-order valence-electron chi connectivity index (χ2n) is 2.15. The highest BCUT2D eigenvalue weighted by atomic mass is 31.0. The van der Waals surface area contributed by atoms with E-state index in [4.69, 9.17) is 10.8 Å². The van der Waals surface area contributed by atoms with Crippen LogP contribution in [-0.4, -0.2) is 11.1 Å². The summed E-state index contributed by atoms with van der Waals surface area (Å²) in [5.74, 6) is -0.993. The minimum Gasteiger partial charge on any atom is -0.478 e. The largest absolute Gasteiger partial charge is 0.478 e. The lowest BCUT2D eigenvalue weighted by Crippen LogP contribution is -2.05. The summed E-state index contributed by atoms with van der Waals surface area (Å²) in [6.45, 7) is 0. The third kappa shape index (κ3) is 1.69. The van der Waals surface area contributed by atoms with E-state index in [1.54, 1.807) is 12.1 Å². The van der Waals surface area contributed by atoms with Gasteiger partial charge >= 0.3 is 5.97 Å². The molecule has 0 aromatic heterocycles. The first kappa shape index (κ1) is 8.02. The Balaban J connectivity index is 3.20. The molecular weight excluding hydrogens is 161 g/mol. The molecule has 1 atom stereocenters. The van der Waals surface area contributed by atoms with E-state index in [0.29, 0.717) is 5.69 Å². The highest BCUT2D eigenvalue weighted by molar-refractivity contribution is 7.27. The van der Waals surface area contributed by atoms with E-state index in [1.807, 2.05) is 0 Å². The van der Waals surface area contributed by atoms with Gasteiger partial charge in [-0.3, -0.25) is 0 Å². The number of rotatable bonds is 1. The van der Waals surface area contributed by atoms with Crippen molar-refractivity contribution in [3.63, 3.8) is 0 Å². The van der Waals surface area contributed by atoms with E-state index >= 15 is 0 Å². The van der Waals surface area contributed by atoms with Gasteiger partial charge < -0.3 is 10.8 Å². The van der Waals surface area contributed by atoms with Crippen LogP contribution >= 0.6 is 9.24 Å². The number of carbonyl (C=O) groups is 1. The van der Waals surface area contributed by atoms with Crippen molar-refractivity contribution < 1.29 is 9.90 Å². The van der Waals surface area contributed by atoms with Crippen molar-refractivity contribution in [1.29, 1.82) is 0 Å². The van der Waals surface area contributed by atoms with Gasteiger partial charge in [-0.25, -0.2) is 4.79 Å². The standard InChI is InChI=1S/C7H8NO2P/c8-6-3-4(11)1-2-5(6)7(9)10/h1-3H,8,11H2,(H,9,10). The van der Waals surface area contributed by atoms with Crippen molar-refractivity contribution in [2.75, 3.05) is 5.73 Å². The molecule has 4 heteroatoms. The van der Waals surface area contributed by atoms with Crippen molar-refractivity contribution in [1.82, 2.24) is 0 Å². The first-order valence-electron chi connectivity index (χ1n) is 2.99. The number of benzene rings is 1. The number of nitrogens with two attached hydrogens (primary N) is 1. The number of hydrogen-bond acceptors (Lipinski definition) is 2. The van der Waals surface area contributed by atoms with Gasteiger partial charge in [0.15, 0.2) is 0 Å². The molecule has 0 fully saturated rings. The maximum Gasteiger partial charge on any atom is 0.337 e. The van der Waals surface area contributed by atoms with Crippen LogP contribution in [0.5, 0.6) is 0 Å². The molecule has 1 unspecified atom stereocenters. The Morgan fingerprint density at radius 1 is 1.55 bits per heavy atom. The Morgan fingerprint density at radius 2 is 2.18 bits per heavy atom. The average Bonchev–Trinajstić information content (AvgIpc) is 1.85. The zero-order valence-electron chi connectivity index (χ0n) is 5.74. The molecule has 0 aliphatic carbocycles. The molecule has 0 amide bonds. The second kappa shape index (κ2) is 2.89. The fraction of sp³-hybridized carbons (Fsp3) is 0. The van der Waals surface area contributed by atoms with Crippen LogP contribution in [0.25, 0.3) is 0 Å². The smallest absolute Gasteiger partial charge is 0.337 e. The van der Waals surface area contributed by atoms with Crippen LogP contribution in [0.1, 0.15) is 10.4 Å². The van der Waals surface area contributed by atoms with E-state index in [1.165, 1.54) is 6.07 Å². The molecular formula is C7H8NO2P. The maximum atomic E-state index is 10.4. The molecule has 0 spiro atoms. The monoisotopic (exact) mass is 169 g/mol. The summed E-state index contributed by atoms with van der Waals surface area (Å²) in [6, 6.07) is 4.78. The van der Waals surface area contributed by atoms with Crippen LogP contribution in [0, 0.1) is 0 Å². The number of anilines is 1. The Morgan fingerprint density at radius 3 is 2.64 bits per heavy atom. The molecule has 0 bridgehead atoms. The van der Waals surface area contributed by atoms with Crippen LogP contribution in [0.15, 0.2) is 18.2 Å². The summed E-state index contributed by atoms with van der Waals surface area (Å²) in [5, 5.41) is 9.45. The third-order valence-electron chi connectivity index (χ3n) is 1.31. The fourth-order valence-electron chi connectivity index (χ4n) is 0.776. The maximum absolute atomic E-state index is 10.4. The van der Waals surface area contributed by atoms with Gasteiger partial charge in [0.2, 0.25) is 0 Å². The Bertz CT molecular complexity index is 298. The predicted molar refractivity (Wildman–Crippen MR) is 47.2 cm³/mol. The zero-order valence-corrected chi connectivity index (χ0v) is 6.90. The molecule has 1 aromatic rings. The van der Waals surface area contributed by atoms with Crippen LogP contribution in [-0.2, 0) is 0 Å². The summed E-state index contributed by atoms with van der Waals surface area (Å²) >= 11 is 0. The molecule has 1 rings (SSSR count). The molecule has 0 saturated carbocycles.